The minimum absolute atomic E-state index is 0.114. The van der Waals surface area contributed by atoms with Crippen LogP contribution in [0.15, 0.2) is 18.7 Å². The lowest BCUT2D eigenvalue weighted by atomic mass is 10.0. The summed E-state index contributed by atoms with van der Waals surface area (Å²) in [7, 11) is 3.97. The van der Waals surface area contributed by atoms with Gasteiger partial charge in [0.1, 0.15) is 35.9 Å². The van der Waals surface area contributed by atoms with Crippen LogP contribution in [0.1, 0.15) is 67.0 Å². The number of anilines is 5. The normalized spacial score (nSPS) is 12.3. The van der Waals surface area contributed by atoms with E-state index in [0.717, 1.165) is 5.82 Å². The number of aryl methyl sites for hydroxylation is 1. The predicted octanol–water partition coefficient (Wildman–Crippen LogP) is 3.15. The zero-order valence-corrected chi connectivity index (χ0v) is 25.9. The van der Waals surface area contributed by atoms with Gasteiger partial charge in [-0.05, 0) is 62.3 Å². The Labute approximate surface area is 238 Å². The Bertz CT molecular complexity index is 1280. The van der Waals surface area contributed by atoms with Crippen molar-refractivity contribution < 1.29 is 0 Å². The van der Waals surface area contributed by atoms with Crippen molar-refractivity contribution >= 4 is 29.5 Å². The van der Waals surface area contributed by atoms with Crippen LogP contribution in [-0.2, 0) is 6.42 Å². The maximum Gasteiger partial charge on any atom is 0.230 e. The number of nitrogens with two attached hydrogens (primary N) is 1. The average Bonchev–Trinajstić information content (AvgIpc) is 2.85. The summed E-state index contributed by atoms with van der Waals surface area (Å²) in [6.07, 6.45) is 3.64. The van der Waals surface area contributed by atoms with Gasteiger partial charge in [0.2, 0.25) is 17.8 Å². The highest BCUT2D eigenvalue weighted by Gasteiger charge is 2.28. The maximum absolute atomic E-state index is 6.24. The van der Waals surface area contributed by atoms with Crippen LogP contribution in [0.5, 0.6) is 0 Å². The number of hydrogen-bond donors (Lipinski definition) is 2. The van der Waals surface area contributed by atoms with Gasteiger partial charge in [0.25, 0.3) is 0 Å². The highest BCUT2D eigenvalue weighted by molar-refractivity contribution is 5.49. The molecule has 13 heteroatoms. The summed E-state index contributed by atoms with van der Waals surface area (Å²) in [5, 5.41) is 3.36. The Morgan fingerprint density at radius 2 is 1.43 bits per heavy atom. The highest BCUT2D eigenvalue weighted by Crippen LogP contribution is 2.24. The highest BCUT2D eigenvalue weighted by atomic mass is 15.3. The minimum Gasteiger partial charge on any atom is -0.384 e. The van der Waals surface area contributed by atoms with E-state index in [1.807, 2.05) is 25.9 Å². The molecule has 0 spiro atoms. The van der Waals surface area contributed by atoms with E-state index in [-0.39, 0.29) is 16.6 Å². The van der Waals surface area contributed by atoms with Crippen molar-refractivity contribution in [2.75, 3.05) is 52.9 Å². The average molecular weight is 552 g/mol. The molecule has 0 unspecified atom stereocenters. The molecule has 0 aliphatic heterocycles. The first-order valence-corrected chi connectivity index (χ1v) is 13.4. The zero-order chi connectivity index (χ0) is 29.9. The molecule has 0 saturated carbocycles. The molecule has 0 bridgehead atoms. The molecule has 3 N–H and O–H groups in total. The van der Waals surface area contributed by atoms with Gasteiger partial charge in [-0.25, -0.2) is 29.9 Å². The topological polar surface area (TPSA) is 151 Å². The van der Waals surface area contributed by atoms with Crippen LogP contribution in [0.2, 0.25) is 0 Å². The molecule has 3 aromatic heterocycles. The molecular formula is C27H45N13. The van der Waals surface area contributed by atoms with Crippen molar-refractivity contribution in [3.05, 3.63) is 30.4 Å². The van der Waals surface area contributed by atoms with Gasteiger partial charge in [0.05, 0.1) is 5.54 Å². The maximum atomic E-state index is 6.24. The number of rotatable bonds is 10. The van der Waals surface area contributed by atoms with Crippen molar-refractivity contribution in [1.82, 2.24) is 39.9 Å². The third-order valence-corrected chi connectivity index (χ3v) is 6.86. The van der Waals surface area contributed by atoms with E-state index >= 15 is 0 Å². The van der Waals surface area contributed by atoms with Crippen LogP contribution >= 0.6 is 0 Å². The molecule has 3 aromatic rings. The van der Waals surface area contributed by atoms with Crippen LogP contribution in [0.3, 0.4) is 0 Å². The van der Waals surface area contributed by atoms with E-state index in [0.29, 0.717) is 54.8 Å². The van der Waals surface area contributed by atoms with Crippen LogP contribution in [0, 0.1) is 6.92 Å². The molecule has 40 heavy (non-hydrogen) atoms. The molecule has 3 heterocycles. The van der Waals surface area contributed by atoms with E-state index < -0.39 is 0 Å². The summed E-state index contributed by atoms with van der Waals surface area (Å²) >= 11 is 0. The van der Waals surface area contributed by atoms with Crippen LogP contribution < -0.4 is 25.8 Å². The Kier molecular flexibility index (Phi) is 8.95. The second kappa shape index (κ2) is 11.7. The molecular weight excluding hydrogens is 506 g/mol. The first-order chi connectivity index (χ1) is 18.5. The van der Waals surface area contributed by atoms with Gasteiger partial charge in [0, 0.05) is 50.7 Å². The van der Waals surface area contributed by atoms with Crippen molar-refractivity contribution in [3.63, 3.8) is 0 Å². The van der Waals surface area contributed by atoms with Gasteiger partial charge >= 0.3 is 0 Å². The number of nitrogen functional groups attached to an aromatic ring is 1. The lowest BCUT2D eigenvalue weighted by Crippen LogP contribution is -2.47. The summed E-state index contributed by atoms with van der Waals surface area (Å²) in [4.78, 5) is 41.9. The molecule has 13 nitrogen and oxygen atoms in total. The molecule has 0 saturated heterocycles. The fourth-order valence-corrected chi connectivity index (χ4v) is 3.79. The van der Waals surface area contributed by atoms with Crippen LogP contribution in [-0.4, -0.2) is 83.7 Å². The number of nitrogens with one attached hydrogen (secondary N) is 1. The van der Waals surface area contributed by atoms with Crippen molar-refractivity contribution in [1.29, 1.82) is 0 Å². The molecule has 0 radical (unpaired) electrons. The van der Waals surface area contributed by atoms with Gasteiger partial charge < -0.3 is 25.8 Å². The first kappa shape index (κ1) is 30.6. The third kappa shape index (κ3) is 7.82. The zero-order valence-electron chi connectivity index (χ0n) is 25.9. The molecule has 0 aliphatic carbocycles. The largest absolute Gasteiger partial charge is 0.384 e. The molecule has 0 amide bonds. The second-order valence-electron chi connectivity index (χ2n) is 12.5. The summed E-state index contributed by atoms with van der Waals surface area (Å²) in [6.45, 7) is 20.0. The number of likely N-dealkylation sites (N-methyl/N-ethyl adjacent to an activating group) is 1. The van der Waals surface area contributed by atoms with Gasteiger partial charge in [-0.15, -0.1) is 0 Å². The Balaban J connectivity index is 1.74. The summed E-state index contributed by atoms with van der Waals surface area (Å²) < 4.78 is 0. The Morgan fingerprint density at radius 3 is 2.05 bits per heavy atom. The van der Waals surface area contributed by atoms with E-state index in [1.165, 1.54) is 12.7 Å². The van der Waals surface area contributed by atoms with Crippen molar-refractivity contribution in [3.8, 4) is 0 Å². The number of nitrogens with zero attached hydrogens (tertiary/aromatic N) is 11. The fourth-order valence-electron chi connectivity index (χ4n) is 3.79. The van der Waals surface area contributed by atoms with E-state index in [2.05, 4.69) is 105 Å². The van der Waals surface area contributed by atoms with E-state index in [4.69, 9.17) is 10.7 Å². The molecule has 0 atom stereocenters. The molecule has 0 fully saturated rings. The predicted molar refractivity (Wildman–Crippen MR) is 161 cm³/mol. The number of aromatic nitrogens is 8. The van der Waals surface area contributed by atoms with Gasteiger partial charge in [0.15, 0.2) is 0 Å². The summed E-state index contributed by atoms with van der Waals surface area (Å²) in [6, 6.07) is 1.79. The second-order valence-corrected chi connectivity index (χ2v) is 12.5. The van der Waals surface area contributed by atoms with Gasteiger partial charge in [-0.1, -0.05) is 0 Å². The fraction of sp³-hybridized carbons (Fsp3) is 0.630. The minimum atomic E-state index is -0.360. The SMILES string of the molecule is Cc1ncnc(N(CCc2nc(N)cc(N(C)C(C)(C)CNc3ncnc(N(C)C(C)(C)C)n3)n2)C(C)(C)C)n1. The molecule has 3 rings (SSSR count). The van der Waals surface area contributed by atoms with E-state index in [9.17, 15) is 0 Å². The molecule has 218 valence electrons. The monoisotopic (exact) mass is 551 g/mol. The third-order valence-electron chi connectivity index (χ3n) is 6.86. The molecule has 0 aliphatic rings. The quantitative estimate of drug-likeness (QED) is 0.380. The van der Waals surface area contributed by atoms with Crippen LogP contribution in [0.25, 0.3) is 0 Å². The van der Waals surface area contributed by atoms with Gasteiger partial charge in [-0.2, -0.15) is 9.97 Å². The Morgan fingerprint density at radius 1 is 0.775 bits per heavy atom. The summed E-state index contributed by atoms with van der Waals surface area (Å²) in [5.74, 6) is 4.23. The van der Waals surface area contributed by atoms with Crippen LogP contribution in [0.4, 0.5) is 29.5 Å². The van der Waals surface area contributed by atoms with E-state index in [1.54, 1.807) is 6.07 Å². The first-order valence-electron chi connectivity index (χ1n) is 13.4. The standard InChI is InChI=1S/C27H45N13/c1-18-30-16-33-24(34-18)40(26(5,6)7)13-12-20-35-19(28)14-21(36-20)38(10)27(8,9)15-29-22-31-17-32-23(37-22)39(11)25(2,3)4/h14,16-17H,12-13,15H2,1-11H3,(H2,28,35,36)(H,29,31,32,37). The lowest BCUT2D eigenvalue weighted by molar-refractivity contribution is 0.488. The van der Waals surface area contributed by atoms with Crippen molar-refractivity contribution in [2.45, 2.75) is 85.4 Å². The smallest absolute Gasteiger partial charge is 0.230 e. The number of hydrogen-bond acceptors (Lipinski definition) is 13. The summed E-state index contributed by atoms with van der Waals surface area (Å²) in [5.41, 5.74) is 5.55. The van der Waals surface area contributed by atoms with Crippen molar-refractivity contribution in [2.24, 2.45) is 0 Å². The Hall–Kier alpha value is -3.90. The molecule has 0 aromatic carbocycles. The van der Waals surface area contributed by atoms with Gasteiger partial charge in [-0.3, -0.25) is 0 Å². The lowest BCUT2D eigenvalue weighted by Gasteiger charge is -2.37.